The van der Waals surface area contributed by atoms with Crippen LogP contribution in [0.4, 0.5) is 4.39 Å². The molecule has 4 amide bonds. The molecule has 1 aliphatic carbocycles. The van der Waals surface area contributed by atoms with Crippen LogP contribution in [0.1, 0.15) is 31.2 Å². The number of carbonyl (C=O) groups is 4. The Morgan fingerprint density at radius 1 is 1.21 bits per heavy atom. The average molecular weight is 390 g/mol. The molecule has 28 heavy (non-hydrogen) atoms. The van der Waals surface area contributed by atoms with Crippen LogP contribution in [0, 0.1) is 0 Å². The number of primary amides is 1. The highest BCUT2D eigenvalue weighted by Gasteiger charge is 2.55. The van der Waals surface area contributed by atoms with E-state index in [2.05, 4.69) is 5.43 Å². The van der Waals surface area contributed by atoms with Gasteiger partial charge in [0.05, 0.1) is 5.41 Å². The van der Waals surface area contributed by atoms with Crippen LogP contribution in [0.25, 0.3) is 0 Å². The Morgan fingerprint density at radius 3 is 2.46 bits per heavy atom. The van der Waals surface area contributed by atoms with Gasteiger partial charge in [0.2, 0.25) is 11.8 Å². The first-order valence-electron chi connectivity index (χ1n) is 9.21. The normalized spacial score (nSPS) is 19.8. The summed E-state index contributed by atoms with van der Waals surface area (Å²) < 4.78 is 12.7. The smallest absolute Gasteiger partial charge is 0.272 e. The fourth-order valence-electron chi connectivity index (χ4n) is 3.69. The van der Waals surface area contributed by atoms with E-state index in [4.69, 9.17) is 5.73 Å². The van der Waals surface area contributed by atoms with Crippen LogP contribution in [-0.4, -0.2) is 59.3 Å². The quantitative estimate of drug-likeness (QED) is 0.667. The van der Waals surface area contributed by atoms with Gasteiger partial charge >= 0.3 is 0 Å². The van der Waals surface area contributed by atoms with Crippen molar-refractivity contribution in [2.24, 2.45) is 5.73 Å². The highest BCUT2D eigenvalue weighted by Crippen LogP contribution is 2.50. The molecule has 0 spiro atoms. The topological polar surface area (TPSA) is 113 Å². The molecular weight excluding hydrogens is 367 g/mol. The van der Waals surface area contributed by atoms with E-state index in [1.165, 1.54) is 4.90 Å². The van der Waals surface area contributed by atoms with Crippen LogP contribution >= 0.6 is 0 Å². The van der Waals surface area contributed by atoms with E-state index >= 15 is 0 Å². The summed E-state index contributed by atoms with van der Waals surface area (Å²) in [6, 6.07) is 8.67. The molecule has 1 aliphatic heterocycles. The zero-order chi connectivity index (χ0) is 20.3. The number of amides is 4. The second kappa shape index (κ2) is 7.95. The number of hydrogen-bond donors (Lipinski definition) is 2. The fraction of sp³-hybridized carbons (Fsp3) is 0.474. The molecule has 1 aromatic rings. The first-order chi connectivity index (χ1) is 13.4. The second-order valence-electron chi connectivity index (χ2n) is 7.16. The van der Waals surface area contributed by atoms with Crippen LogP contribution in [0.5, 0.6) is 0 Å². The van der Waals surface area contributed by atoms with Gasteiger partial charge in [0.15, 0.2) is 6.67 Å². The van der Waals surface area contributed by atoms with Gasteiger partial charge in [-0.2, -0.15) is 0 Å². The van der Waals surface area contributed by atoms with Crippen LogP contribution in [-0.2, 0) is 24.6 Å². The monoisotopic (exact) mass is 390 g/mol. The average Bonchev–Trinajstić information content (AvgIpc) is 3.36. The maximum atomic E-state index is 13.2. The second-order valence-corrected chi connectivity index (χ2v) is 7.16. The lowest BCUT2D eigenvalue weighted by atomic mass is 9.94. The summed E-state index contributed by atoms with van der Waals surface area (Å²) in [5.74, 6) is -2.71. The predicted octanol–water partition coefficient (Wildman–Crippen LogP) is 0.0238. The highest BCUT2D eigenvalue weighted by molar-refractivity contribution is 5.96. The van der Waals surface area contributed by atoms with Crippen molar-refractivity contribution < 1.29 is 23.6 Å². The maximum absolute atomic E-state index is 13.2. The van der Waals surface area contributed by atoms with Crippen molar-refractivity contribution in [3.63, 3.8) is 0 Å². The SMILES string of the molecule is NC(=O)CN(NC(=O)[C@@H]1CCCN1C(=O)C1(c2ccccc2)CC1)C(=O)CF. The molecule has 8 nitrogen and oxygen atoms in total. The minimum absolute atomic E-state index is 0.116. The molecule has 3 N–H and O–H groups in total. The third kappa shape index (κ3) is 3.83. The molecule has 1 saturated carbocycles. The first-order valence-corrected chi connectivity index (χ1v) is 9.21. The standard InChI is InChI=1S/C19H23FN4O4/c20-11-16(26)24(12-15(21)25)22-17(27)14-7-4-10-23(14)18(28)19(8-9-19)13-5-2-1-3-6-13/h1-3,5-6,14H,4,7-12H2,(H2,21,25)(H,22,27)/t14-/m0/s1. The van der Waals surface area contributed by atoms with Crippen LogP contribution in [0.15, 0.2) is 30.3 Å². The first kappa shape index (κ1) is 19.8. The Morgan fingerprint density at radius 2 is 1.89 bits per heavy atom. The fourth-order valence-corrected chi connectivity index (χ4v) is 3.69. The minimum Gasteiger partial charge on any atom is -0.368 e. The van der Waals surface area contributed by atoms with E-state index in [0.717, 1.165) is 18.4 Å². The van der Waals surface area contributed by atoms with Crippen molar-refractivity contribution in [3.8, 4) is 0 Å². The molecule has 2 aliphatic rings. The van der Waals surface area contributed by atoms with Gasteiger partial charge < -0.3 is 10.6 Å². The van der Waals surface area contributed by atoms with Gasteiger partial charge in [-0.25, -0.2) is 9.40 Å². The van der Waals surface area contributed by atoms with Crippen molar-refractivity contribution in [2.45, 2.75) is 37.1 Å². The summed E-state index contributed by atoms with van der Waals surface area (Å²) in [5.41, 5.74) is 7.62. The molecule has 1 atom stereocenters. The molecule has 2 fully saturated rings. The summed E-state index contributed by atoms with van der Waals surface area (Å²) in [5, 5.41) is 0.565. The number of nitrogens with one attached hydrogen (secondary N) is 1. The Balaban J connectivity index is 1.73. The Kier molecular flexibility index (Phi) is 5.62. The number of benzene rings is 1. The molecule has 3 rings (SSSR count). The van der Waals surface area contributed by atoms with Gasteiger partial charge in [0.25, 0.3) is 11.8 Å². The third-order valence-electron chi connectivity index (χ3n) is 5.28. The molecule has 0 bridgehead atoms. The van der Waals surface area contributed by atoms with Crippen molar-refractivity contribution >= 4 is 23.6 Å². The van der Waals surface area contributed by atoms with E-state index in [-0.39, 0.29) is 5.91 Å². The van der Waals surface area contributed by atoms with E-state index < -0.39 is 42.4 Å². The van der Waals surface area contributed by atoms with Crippen molar-refractivity contribution in [1.82, 2.24) is 15.3 Å². The molecular formula is C19H23FN4O4. The van der Waals surface area contributed by atoms with E-state index in [0.29, 0.717) is 24.4 Å². The summed E-state index contributed by atoms with van der Waals surface area (Å²) >= 11 is 0. The molecule has 0 aromatic heterocycles. The van der Waals surface area contributed by atoms with Gasteiger partial charge in [0.1, 0.15) is 12.6 Å². The molecule has 1 heterocycles. The van der Waals surface area contributed by atoms with Gasteiger partial charge in [-0.1, -0.05) is 30.3 Å². The van der Waals surface area contributed by atoms with Crippen LogP contribution in [0.3, 0.4) is 0 Å². The Hall–Kier alpha value is -2.97. The number of nitrogens with zero attached hydrogens (tertiary/aromatic N) is 2. The largest absolute Gasteiger partial charge is 0.368 e. The summed E-state index contributed by atoms with van der Waals surface area (Å²) in [4.78, 5) is 50.1. The van der Waals surface area contributed by atoms with Crippen LogP contribution < -0.4 is 11.2 Å². The van der Waals surface area contributed by atoms with E-state index in [1.807, 2.05) is 30.3 Å². The van der Waals surface area contributed by atoms with E-state index in [9.17, 15) is 23.6 Å². The number of halogens is 1. The number of hydrogen-bond acceptors (Lipinski definition) is 4. The number of nitrogens with two attached hydrogens (primary N) is 1. The maximum Gasteiger partial charge on any atom is 0.272 e. The predicted molar refractivity (Wildman–Crippen MR) is 97.1 cm³/mol. The lowest BCUT2D eigenvalue weighted by molar-refractivity contribution is -0.148. The summed E-state index contributed by atoms with van der Waals surface area (Å²) in [6.07, 6.45) is 2.50. The summed E-state index contributed by atoms with van der Waals surface area (Å²) in [6.45, 7) is -1.58. The number of rotatable bonds is 6. The van der Waals surface area contributed by atoms with Crippen molar-refractivity contribution in [3.05, 3.63) is 35.9 Å². The van der Waals surface area contributed by atoms with Crippen LogP contribution in [0.2, 0.25) is 0 Å². The van der Waals surface area contributed by atoms with E-state index in [1.54, 1.807) is 0 Å². The Labute approximate surface area is 161 Å². The number of hydrazine groups is 1. The number of carbonyl (C=O) groups excluding carboxylic acids is 4. The third-order valence-corrected chi connectivity index (χ3v) is 5.28. The number of alkyl halides is 1. The van der Waals surface area contributed by atoms with Crippen molar-refractivity contribution in [2.75, 3.05) is 19.8 Å². The molecule has 9 heteroatoms. The van der Waals surface area contributed by atoms with Crippen molar-refractivity contribution in [1.29, 1.82) is 0 Å². The summed E-state index contributed by atoms with van der Waals surface area (Å²) in [7, 11) is 0. The number of likely N-dealkylation sites (tertiary alicyclic amines) is 1. The highest BCUT2D eigenvalue weighted by atomic mass is 19.1. The lowest BCUT2D eigenvalue weighted by Gasteiger charge is -2.30. The zero-order valence-corrected chi connectivity index (χ0v) is 15.4. The minimum atomic E-state index is -1.38. The van der Waals surface area contributed by atoms with Gasteiger partial charge in [-0.3, -0.25) is 24.6 Å². The lowest BCUT2D eigenvalue weighted by Crippen LogP contribution is -2.56. The van der Waals surface area contributed by atoms with Gasteiger partial charge in [-0.05, 0) is 31.2 Å². The van der Waals surface area contributed by atoms with Gasteiger partial charge in [-0.15, -0.1) is 0 Å². The molecule has 1 saturated heterocycles. The molecule has 150 valence electrons. The zero-order valence-electron chi connectivity index (χ0n) is 15.4. The molecule has 0 radical (unpaired) electrons. The molecule has 0 unspecified atom stereocenters. The molecule has 1 aromatic carbocycles. The van der Waals surface area contributed by atoms with Gasteiger partial charge in [0, 0.05) is 6.54 Å². The Bertz CT molecular complexity index is 781.